The van der Waals surface area contributed by atoms with Gasteiger partial charge in [-0.3, -0.25) is 4.79 Å². The Labute approximate surface area is 69.8 Å². The third-order valence-electron chi connectivity index (χ3n) is 1.38. The first-order valence-corrected chi connectivity index (χ1v) is 3.44. The Morgan fingerprint density at radius 3 is 2.58 bits per heavy atom. The van der Waals surface area contributed by atoms with Gasteiger partial charge in [0.2, 0.25) is 5.95 Å². The molecule has 0 aliphatic heterocycles. The number of hydrogen-bond acceptors (Lipinski definition) is 2. The second-order valence-corrected chi connectivity index (χ2v) is 2.57. The molecule has 0 spiro atoms. The summed E-state index contributed by atoms with van der Waals surface area (Å²) in [6, 6.07) is 2.57. The van der Waals surface area contributed by atoms with Crippen LogP contribution in [0.15, 0.2) is 18.3 Å². The Hall–Kier alpha value is -1.45. The highest BCUT2D eigenvalue weighted by Gasteiger charge is 2.07. The minimum absolute atomic E-state index is 0.178. The van der Waals surface area contributed by atoms with Crippen LogP contribution in [0.5, 0.6) is 0 Å². The third-order valence-corrected chi connectivity index (χ3v) is 1.38. The largest absolute Gasteiger partial charge is 0.345 e. The van der Waals surface area contributed by atoms with Gasteiger partial charge in [-0.1, -0.05) is 0 Å². The highest BCUT2D eigenvalue weighted by atomic mass is 19.1. The minimum atomic E-state index is -0.578. The van der Waals surface area contributed by atoms with Crippen LogP contribution in [0, 0.1) is 5.95 Å². The van der Waals surface area contributed by atoms with Gasteiger partial charge in [-0.25, -0.2) is 4.98 Å². The van der Waals surface area contributed by atoms with Gasteiger partial charge in [0.25, 0.3) is 5.91 Å². The number of pyridine rings is 1. The molecule has 0 aliphatic rings. The average Bonchev–Trinajstić information content (AvgIpc) is 2.04. The molecule has 0 aromatic carbocycles. The molecule has 0 bridgehead atoms. The van der Waals surface area contributed by atoms with Crippen LogP contribution in [0.3, 0.4) is 0 Å². The normalized spacial score (nSPS) is 9.58. The zero-order chi connectivity index (χ0) is 9.14. The van der Waals surface area contributed by atoms with Crippen molar-refractivity contribution < 1.29 is 9.18 Å². The third kappa shape index (κ3) is 1.78. The number of amides is 1. The number of carbonyl (C=O) groups is 1. The molecule has 4 heteroatoms. The first kappa shape index (κ1) is 8.64. The number of nitrogens with zero attached hydrogens (tertiary/aromatic N) is 2. The lowest BCUT2D eigenvalue weighted by molar-refractivity contribution is 0.0827. The first-order valence-electron chi connectivity index (χ1n) is 3.44. The molecule has 12 heavy (non-hydrogen) atoms. The predicted octanol–water partition coefficient (Wildman–Crippen LogP) is 0.922. The van der Waals surface area contributed by atoms with Crippen molar-refractivity contribution in [2.45, 2.75) is 0 Å². The predicted molar refractivity (Wildman–Crippen MR) is 42.2 cm³/mol. The van der Waals surface area contributed by atoms with Gasteiger partial charge in [0.1, 0.15) is 0 Å². The Morgan fingerprint density at radius 1 is 1.50 bits per heavy atom. The molecule has 0 fully saturated rings. The highest BCUT2D eigenvalue weighted by Crippen LogP contribution is 2.01. The molecule has 1 aromatic rings. The summed E-state index contributed by atoms with van der Waals surface area (Å²) in [5, 5.41) is 0. The standard InChI is InChI=1S/C8H9FN2O/c1-11(2)8(12)6-3-4-7(9)10-5-6/h3-5H,1-2H3. The van der Waals surface area contributed by atoms with E-state index in [2.05, 4.69) is 4.98 Å². The van der Waals surface area contributed by atoms with Gasteiger partial charge in [-0.05, 0) is 12.1 Å². The highest BCUT2D eigenvalue weighted by molar-refractivity contribution is 5.93. The van der Waals surface area contributed by atoms with Crippen LogP contribution in [0.1, 0.15) is 10.4 Å². The fourth-order valence-electron chi connectivity index (χ4n) is 0.761. The lowest BCUT2D eigenvalue weighted by Gasteiger charge is -2.08. The summed E-state index contributed by atoms with van der Waals surface area (Å²) in [6.07, 6.45) is 1.22. The molecule has 0 aliphatic carbocycles. The zero-order valence-corrected chi connectivity index (χ0v) is 6.91. The van der Waals surface area contributed by atoms with Crippen molar-refractivity contribution in [3.63, 3.8) is 0 Å². The van der Waals surface area contributed by atoms with Gasteiger partial charge in [-0.2, -0.15) is 4.39 Å². The molecule has 1 amide bonds. The molecule has 3 nitrogen and oxygen atoms in total. The second-order valence-electron chi connectivity index (χ2n) is 2.57. The quantitative estimate of drug-likeness (QED) is 0.584. The molecule has 1 rings (SSSR count). The molecule has 0 unspecified atom stereocenters. The lowest BCUT2D eigenvalue weighted by atomic mass is 10.2. The number of rotatable bonds is 1. The fraction of sp³-hybridized carbons (Fsp3) is 0.250. The summed E-state index contributed by atoms with van der Waals surface area (Å²) >= 11 is 0. The molecular weight excluding hydrogens is 159 g/mol. The Morgan fingerprint density at radius 2 is 2.17 bits per heavy atom. The van der Waals surface area contributed by atoms with Gasteiger partial charge in [0.05, 0.1) is 5.56 Å². The van der Waals surface area contributed by atoms with Crippen molar-refractivity contribution in [1.29, 1.82) is 0 Å². The number of halogens is 1. The monoisotopic (exact) mass is 168 g/mol. The van der Waals surface area contributed by atoms with E-state index in [0.29, 0.717) is 5.56 Å². The summed E-state index contributed by atoms with van der Waals surface area (Å²) in [6.45, 7) is 0. The van der Waals surface area contributed by atoms with E-state index in [1.165, 1.54) is 17.2 Å². The molecule has 0 atom stereocenters. The fourth-order valence-corrected chi connectivity index (χ4v) is 0.761. The summed E-state index contributed by atoms with van der Waals surface area (Å²) in [7, 11) is 3.26. The molecule has 1 aromatic heterocycles. The lowest BCUT2D eigenvalue weighted by Crippen LogP contribution is -2.21. The Balaban J connectivity index is 2.90. The summed E-state index contributed by atoms with van der Waals surface area (Å²) in [5.41, 5.74) is 0.390. The van der Waals surface area contributed by atoms with Crippen LogP contribution in [0.4, 0.5) is 4.39 Å². The van der Waals surface area contributed by atoms with Crippen molar-refractivity contribution in [3.8, 4) is 0 Å². The van der Waals surface area contributed by atoms with Crippen molar-refractivity contribution in [3.05, 3.63) is 29.8 Å². The van der Waals surface area contributed by atoms with Crippen LogP contribution in [0.2, 0.25) is 0 Å². The maximum Gasteiger partial charge on any atom is 0.254 e. The van der Waals surface area contributed by atoms with Gasteiger partial charge >= 0.3 is 0 Å². The summed E-state index contributed by atoms with van der Waals surface area (Å²) < 4.78 is 12.3. The maximum atomic E-state index is 12.3. The summed E-state index contributed by atoms with van der Waals surface area (Å²) in [4.78, 5) is 16.0. The van der Waals surface area contributed by atoms with E-state index in [1.807, 2.05) is 0 Å². The van der Waals surface area contributed by atoms with E-state index in [1.54, 1.807) is 14.1 Å². The number of carbonyl (C=O) groups excluding carboxylic acids is 1. The van der Waals surface area contributed by atoms with Crippen molar-refractivity contribution in [2.75, 3.05) is 14.1 Å². The van der Waals surface area contributed by atoms with Crippen LogP contribution < -0.4 is 0 Å². The molecule has 0 saturated heterocycles. The van der Waals surface area contributed by atoms with E-state index < -0.39 is 5.95 Å². The molecule has 1 heterocycles. The van der Waals surface area contributed by atoms with Gasteiger partial charge < -0.3 is 4.90 Å². The van der Waals surface area contributed by atoms with Crippen molar-refractivity contribution in [1.82, 2.24) is 9.88 Å². The van der Waals surface area contributed by atoms with E-state index >= 15 is 0 Å². The Bertz CT molecular complexity index is 282. The SMILES string of the molecule is CN(C)C(=O)c1ccc(F)nc1. The molecule has 0 radical (unpaired) electrons. The smallest absolute Gasteiger partial charge is 0.254 e. The van der Waals surface area contributed by atoms with Crippen LogP contribution in [-0.2, 0) is 0 Å². The number of hydrogen-bond donors (Lipinski definition) is 0. The number of aromatic nitrogens is 1. The van der Waals surface area contributed by atoms with Crippen molar-refractivity contribution >= 4 is 5.91 Å². The first-order chi connectivity index (χ1) is 5.61. The molecular formula is C8H9FN2O. The van der Waals surface area contributed by atoms with Gasteiger partial charge in [0.15, 0.2) is 0 Å². The molecule has 0 saturated carbocycles. The van der Waals surface area contributed by atoms with E-state index in [9.17, 15) is 9.18 Å². The topological polar surface area (TPSA) is 33.2 Å². The van der Waals surface area contributed by atoms with Gasteiger partial charge in [-0.15, -0.1) is 0 Å². The molecule has 0 N–H and O–H groups in total. The van der Waals surface area contributed by atoms with Crippen LogP contribution >= 0.6 is 0 Å². The second kappa shape index (κ2) is 3.30. The van der Waals surface area contributed by atoms with E-state index in [-0.39, 0.29) is 5.91 Å². The summed E-state index contributed by atoms with van der Waals surface area (Å²) in [5.74, 6) is -0.757. The van der Waals surface area contributed by atoms with Crippen molar-refractivity contribution in [2.24, 2.45) is 0 Å². The zero-order valence-electron chi connectivity index (χ0n) is 6.91. The van der Waals surface area contributed by atoms with Crippen LogP contribution in [0.25, 0.3) is 0 Å². The molecule has 64 valence electrons. The van der Waals surface area contributed by atoms with E-state index in [4.69, 9.17) is 0 Å². The van der Waals surface area contributed by atoms with E-state index in [0.717, 1.165) is 6.07 Å². The minimum Gasteiger partial charge on any atom is -0.345 e. The average molecular weight is 168 g/mol. The van der Waals surface area contributed by atoms with Gasteiger partial charge in [0, 0.05) is 20.3 Å². The maximum absolute atomic E-state index is 12.3. The Kier molecular flexibility index (Phi) is 2.38. The van der Waals surface area contributed by atoms with Crippen LogP contribution in [-0.4, -0.2) is 29.9 Å².